The summed E-state index contributed by atoms with van der Waals surface area (Å²) in [6, 6.07) is 26.3. The van der Waals surface area contributed by atoms with Crippen molar-refractivity contribution in [1.29, 1.82) is 0 Å². The third kappa shape index (κ3) is 3.28. The second kappa shape index (κ2) is 7.05. The molecule has 0 aliphatic heterocycles. The van der Waals surface area contributed by atoms with Gasteiger partial charge in [0.2, 0.25) is 0 Å². The normalized spacial score (nSPS) is 13.5. The van der Waals surface area contributed by atoms with Crippen molar-refractivity contribution >= 4 is 0 Å². The Balaban J connectivity index is 2.05. The molecule has 0 aliphatic carbocycles. The molecule has 24 heavy (non-hydrogen) atoms. The van der Waals surface area contributed by atoms with Gasteiger partial charge in [0.25, 0.3) is 0 Å². The first kappa shape index (κ1) is 16.5. The zero-order valence-corrected chi connectivity index (χ0v) is 15.1. The van der Waals surface area contributed by atoms with Crippen molar-refractivity contribution in [1.82, 2.24) is 0 Å². The fourth-order valence-corrected chi connectivity index (χ4v) is 3.66. The van der Waals surface area contributed by atoms with Gasteiger partial charge in [-0.3, -0.25) is 0 Å². The minimum Gasteiger partial charge on any atom is -0.0622 e. The number of hydrogen-bond acceptors (Lipinski definition) is 0. The van der Waals surface area contributed by atoms with Crippen LogP contribution >= 0.6 is 0 Å². The molecular weight excluding hydrogens is 288 g/mol. The molecule has 0 saturated carbocycles. The van der Waals surface area contributed by atoms with Crippen molar-refractivity contribution in [3.63, 3.8) is 0 Å². The molecule has 0 aromatic heterocycles. The molecule has 3 aromatic carbocycles. The molecule has 3 aromatic rings. The lowest BCUT2D eigenvalue weighted by atomic mass is 9.82. The largest absolute Gasteiger partial charge is 0.0622 e. The molecule has 0 fully saturated rings. The first-order valence-electron chi connectivity index (χ1n) is 8.79. The molecule has 0 bridgehead atoms. The Bertz CT molecular complexity index is 733. The SMILES string of the molecule is Cc1cc(C(C)c2ccccc2)c(C)c(C(C)c2ccccc2)c1. The average Bonchev–Trinajstić information content (AvgIpc) is 2.63. The summed E-state index contributed by atoms with van der Waals surface area (Å²) in [4.78, 5) is 0. The summed E-state index contributed by atoms with van der Waals surface area (Å²) in [7, 11) is 0. The van der Waals surface area contributed by atoms with Gasteiger partial charge in [0.15, 0.2) is 0 Å². The summed E-state index contributed by atoms with van der Waals surface area (Å²) in [6.45, 7) is 9.12. The number of aryl methyl sites for hydroxylation is 1. The average molecular weight is 314 g/mol. The van der Waals surface area contributed by atoms with E-state index in [1.54, 1.807) is 0 Å². The van der Waals surface area contributed by atoms with Crippen LogP contribution in [0.25, 0.3) is 0 Å². The smallest absolute Gasteiger partial charge is 0.00638 e. The lowest BCUT2D eigenvalue weighted by Crippen LogP contribution is -2.06. The van der Waals surface area contributed by atoms with Gasteiger partial charge < -0.3 is 0 Å². The molecule has 0 saturated heterocycles. The Hall–Kier alpha value is -2.34. The van der Waals surface area contributed by atoms with Crippen LogP contribution in [-0.2, 0) is 0 Å². The van der Waals surface area contributed by atoms with Crippen LogP contribution in [0.2, 0.25) is 0 Å². The second-order valence-electron chi connectivity index (χ2n) is 6.83. The van der Waals surface area contributed by atoms with Crippen molar-refractivity contribution < 1.29 is 0 Å². The van der Waals surface area contributed by atoms with Crippen LogP contribution in [0, 0.1) is 13.8 Å². The van der Waals surface area contributed by atoms with Crippen molar-refractivity contribution in [2.45, 2.75) is 39.5 Å². The van der Waals surface area contributed by atoms with E-state index in [2.05, 4.69) is 100 Å². The molecule has 0 N–H and O–H groups in total. The number of rotatable bonds is 4. The molecule has 0 nitrogen and oxygen atoms in total. The highest BCUT2D eigenvalue weighted by Crippen LogP contribution is 2.34. The van der Waals surface area contributed by atoms with E-state index < -0.39 is 0 Å². The van der Waals surface area contributed by atoms with Crippen molar-refractivity contribution in [3.05, 3.63) is 106 Å². The molecule has 0 heterocycles. The highest BCUT2D eigenvalue weighted by molar-refractivity contribution is 5.47. The number of hydrogen-bond donors (Lipinski definition) is 0. The van der Waals surface area contributed by atoms with E-state index in [9.17, 15) is 0 Å². The molecule has 122 valence electrons. The topological polar surface area (TPSA) is 0 Å². The summed E-state index contributed by atoms with van der Waals surface area (Å²) >= 11 is 0. The van der Waals surface area contributed by atoms with Gasteiger partial charge in [-0.25, -0.2) is 0 Å². The van der Waals surface area contributed by atoms with E-state index >= 15 is 0 Å². The monoisotopic (exact) mass is 314 g/mol. The van der Waals surface area contributed by atoms with Crippen LogP contribution in [0.1, 0.15) is 59.1 Å². The van der Waals surface area contributed by atoms with Gasteiger partial charge in [0.1, 0.15) is 0 Å². The number of benzene rings is 3. The Morgan fingerprint density at radius 3 is 1.33 bits per heavy atom. The standard InChI is InChI=1S/C24H26/c1-17-15-23(18(2)21-11-7-5-8-12-21)20(4)24(16-17)19(3)22-13-9-6-10-14-22/h5-16,18-19H,1-4H3. The van der Waals surface area contributed by atoms with Crippen molar-refractivity contribution in [3.8, 4) is 0 Å². The van der Waals surface area contributed by atoms with Crippen molar-refractivity contribution in [2.24, 2.45) is 0 Å². The third-order valence-corrected chi connectivity index (χ3v) is 5.16. The first-order valence-corrected chi connectivity index (χ1v) is 8.79. The minimum atomic E-state index is 0.410. The summed E-state index contributed by atoms with van der Waals surface area (Å²) in [5.41, 5.74) is 8.41. The third-order valence-electron chi connectivity index (χ3n) is 5.16. The van der Waals surface area contributed by atoms with Gasteiger partial charge in [-0.15, -0.1) is 0 Å². The molecule has 0 aliphatic rings. The van der Waals surface area contributed by atoms with Gasteiger partial charge in [-0.2, -0.15) is 0 Å². The molecule has 0 spiro atoms. The van der Waals surface area contributed by atoms with Crippen molar-refractivity contribution in [2.75, 3.05) is 0 Å². The maximum absolute atomic E-state index is 2.36. The summed E-state index contributed by atoms with van der Waals surface area (Å²) in [5.74, 6) is 0.820. The molecule has 0 amide bonds. The fraction of sp³-hybridized carbons (Fsp3) is 0.250. The lowest BCUT2D eigenvalue weighted by Gasteiger charge is -2.22. The van der Waals surface area contributed by atoms with Gasteiger partial charge in [0, 0.05) is 11.8 Å². The van der Waals surface area contributed by atoms with E-state index in [-0.39, 0.29) is 0 Å². The van der Waals surface area contributed by atoms with E-state index in [0.29, 0.717) is 11.8 Å². The lowest BCUT2D eigenvalue weighted by molar-refractivity contribution is 0.864. The molecule has 0 radical (unpaired) electrons. The minimum absolute atomic E-state index is 0.410. The maximum atomic E-state index is 2.36. The van der Waals surface area contributed by atoms with E-state index in [0.717, 1.165) is 0 Å². The maximum Gasteiger partial charge on any atom is 0.00638 e. The van der Waals surface area contributed by atoms with Gasteiger partial charge >= 0.3 is 0 Å². The highest BCUT2D eigenvalue weighted by atomic mass is 14.2. The van der Waals surface area contributed by atoms with Crippen LogP contribution in [0.4, 0.5) is 0 Å². The summed E-state index contributed by atoms with van der Waals surface area (Å²) < 4.78 is 0. The van der Waals surface area contributed by atoms with Gasteiger partial charge in [-0.1, -0.05) is 92.2 Å². The van der Waals surface area contributed by atoms with Crippen LogP contribution in [0.15, 0.2) is 72.8 Å². The molecule has 2 unspecified atom stereocenters. The predicted octanol–water partition coefficient (Wildman–Crippen LogP) is 6.61. The Labute approximate surface area is 146 Å². The van der Waals surface area contributed by atoms with Gasteiger partial charge in [0.05, 0.1) is 0 Å². The molecular formula is C24H26. The molecule has 2 atom stereocenters. The van der Waals surface area contributed by atoms with E-state index in [1.165, 1.54) is 33.4 Å². The van der Waals surface area contributed by atoms with Crippen LogP contribution < -0.4 is 0 Å². The van der Waals surface area contributed by atoms with E-state index in [1.807, 2.05) is 0 Å². The van der Waals surface area contributed by atoms with Crippen LogP contribution in [0.5, 0.6) is 0 Å². The Morgan fingerprint density at radius 2 is 0.958 bits per heavy atom. The van der Waals surface area contributed by atoms with Crippen LogP contribution in [-0.4, -0.2) is 0 Å². The predicted molar refractivity (Wildman–Crippen MR) is 104 cm³/mol. The molecule has 0 heteroatoms. The van der Waals surface area contributed by atoms with Crippen LogP contribution in [0.3, 0.4) is 0 Å². The van der Waals surface area contributed by atoms with Gasteiger partial charge in [-0.05, 0) is 41.7 Å². The summed E-state index contributed by atoms with van der Waals surface area (Å²) in [6.07, 6.45) is 0. The quantitative estimate of drug-likeness (QED) is 0.508. The van der Waals surface area contributed by atoms with E-state index in [4.69, 9.17) is 0 Å². The first-order chi connectivity index (χ1) is 11.6. The Kier molecular flexibility index (Phi) is 4.85. The zero-order valence-electron chi connectivity index (χ0n) is 15.1. The fourth-order valence-electron chi connectivity index (χ4n) is 3.66. The highest BCUT2D eigenvalue weighted by Gasteiger charge is 2.18. The second-order valence-corrected chi connectivity index (χ2v) is 6.83. The Morgan fingerprint density at radius 1 is 0.583 bits per heavy atom. The molecule has 3 rings (SSSR count). The summed E-state index contributed by atoms with van der Waals surface area (Å²) in [5, 5.41) is 0. The zero-order chi connectivity index (χ0) is 17.1.